The first-order valence-electron chi connectivity index (χ1n) is 20.0. The van der Waals surface area contributed by atoms with Crippen molar-refractivity contribution in [1.29, 1.82) is 0 Å². The quantitative estimate of drug-likeness (QED) is 0.0282. The van der Waals surface area contributed by atoms with Gasteiger partial charge in [-0.25, -0.2) is 0 Å². The number of esters is 2. The van der Waals surface area contributed by atoms with Crippen LogP contribution in [0.4, 0.5) is 0 Å². The number of carboxylic acids is 1. The first-order chi connectivity index (χ1) is 25.1. The molecule has 0 heterocycles. The molecule has 2 atom stereocenters. The zero-order valence-electron chi connectivity index (χ0n) is 33.4. The van der Waals surface area contributed by atoms with E-state index in [0.29, 0.717) is 12.8 Å². The lowest BCUT2D eigenvalue weighted by Crippen LogP contribution is -2.55. The van der Waals surface area contributed by atoms with E-state index in [2.05, 4.69) is 86.8 Å². The average molecular weight is 728 g/mol. The largest absolute Gasteiger partial charge is 0.544 e. The number of unbranched alkanes of at least 4 members (excludes halogenated alkanes) is 8. The molecule has 296 valence electrons. The van der Waals surface area contributed by atoms with Gasteiger partial charge in [-0.1, -0.05) is 119 Å². The van der Waals surface area contributed by atoms with E-state index in [0.717, 1.165) is 77.0 Å². The zero-order valence-corrected chi connectivity index (χ0v) is 33.4. The fraction of sp³-hybridized carbons (Fsp3) is 0.659. The summed E-state index contributed by atoms with van der Waals surface area (Å²) in [5.41, 5.74) is 0. The summed E-state index contributed by atoms with van der Waals surface area (Å²) in [6.07, 6.45) is 42.2. The maximum absolute atomic E-state index is 12.6. The van der Waals surface area contributed by atoms with Gasteiger partial charge in [0, 0.05) is 19.3 Å². The molecule has 0 aromatic rings. The average Bonchev–Trinajstić information content (AvgIpc) is 3.09. The van der Waals surface area contributed by atoms with Crippen LogP contribution in [0.3, 0.4) is 0 Å². The lowest BCUT2D eigenvalue weighted by atomic mass is 10.1. The summed E-state index contributed by atoms with van der Waals surface area (Å²) >= 11 is 0. The van der Waals surface area contributed by atoms with Crippen molar-refractivity contribution in [3.05, 3.63) is 72.9 Å². The molecule has 0 aliphatic heterocycles. The molecular formula is C44H73NO7. The third kappa shape index (κ3) is 32.7. The van der Waals surface area contributed by atoms with E-state index in [1.807, 2.05) is 0 Å². The summed E-state index contributed by atoms with van der Waals surface area (Å²) in [6, 6.07) is -0.739. The predicted molar refractivity (Wildman–Crippen MR) is 212 cm³/mol. The topological polar surface area (TPSA) is 102 Å². The van der Waals surface area contributed by atoms with Crippen molar-refractivity contribution >= 4 is 17.9 Å². The molecule has 0 aliphatic carbocycles. The van der Waals surface area contributed by atoms with E-state index >= 15 is 0 Å². The maximum Gasteiger partial charge on any atom is 0.306 e. The van der Waals surface area contributed by atoms with Crippen molar-refractivity contribution in [2.75, 3.05) is 41.0 Å². The van der Waals surface area contributed by atoms with Crippen LogP contribution >= 0.6 is 0 Å². The molecule has 0 bridgehead atoms. The van der Waals surface area contributed by atoms with Crippen molar-refractivity contribution in [2.45, 2.75) is 148 Å². The van der Waals surface area contributed by atoms with Crippen LogP contribution in [0.25, 0.3) is 0 Å². The standard InChI is InChI=1S/C44H73NO7/c1-6-8-10-12-14-16-18-19-20-21-22-23-25-27-29-31-33-35-43(47)52-40(38-50-37-36-41(44(48)49)45(3,4)5)39-51-42(46)34-32-30-28-26-24-17-15-13-11-9-7-2/h8,10,13-16,19-20,22-23,27,29,40-41H,6-7,9,11-12,17-18,21,24-26,28,30-39H2,1-5H3/b10-8-,15-13-,16-14-,20-19-,23-22-,29-27-. The van der Waals surface area contributed by atoms with Crippen LogP contribution in [0.1, 0.15) is 136 Å². The summed E-state index contributed by atoms with van der Waals surface area (Å²) in [5.74, 6) is -1.84. The number of carboxylic acid groups (broad SMARTS) is 1. The van der Waals surface area contributed by atoms with E-state index in [4.69, 9.17) is 14.2 Å². The van der Waals surface area contributed by atoms with Crippen molar-refractivity contribution < 1.29 is 38.2 Å². The first kappa shape index (κ1) is 48.8. The minimum atomic E-state index is -1.14. The van der Waals surface area contributed by atoms with Gasteiger partial charge < -0.3 is 28.6 Å². The predicted octanol–water partition coefficient (Wildman–Crippen LogP) is 9.07. The summed E-state index contributed by atoms with van der Waals surface area (Å²) in [6.45, 7) is 4.41. The number of carbonyl (C=O) groups is 3. The lowest BCUT2D eigenvalue weighted by Gasteiger charge is -2.34. The van der Waals surface area contributed by atoms with Crippen LogP contribution in [0.5, 0.6) is 0 Å². The molecule has 2 unspecified atom stereocenters. The number of ether oxygens (including phenoxy) is 3. The second-order valence-electron chi connectivity index (χ2n) is 14.1. The molecular weight excluding hydrogens is 654 g/mol. The highest BCUT2D eigenvalue weighted by Gasteiger charge is 2.25. The molecule has 0 aromatic heterocycles. The van der Waals surface area contributed by atoms with Crippen LogP contribution in [0.15, 0.2) is 72.9 Å². The second-order valence-corrected chi connectivity index (χ2v) is 14.1. The molecule has 0 fully saturated rings. The monoisotopic (exact) mass is 728 g/mol. The molecule has 0 spiro atoms. The molecule has 0 saturated carbocycles. The van der Waals surface area contributed by atoms with Gasteiger partial charge in [0.15, 0.2) is 6.10 Å². The van der Waals surface area contributed by atoms with Gasteiger partial charge in [-0.05, 0) is 70.6 Å². The number of likely N-dealkylation sites (N-methyl/N-ethyl adjacent to an activating group) is 1. The molecule has 8 heteroatoms. The SMILES string of the molecule is CC/C=C\C/C=C\C/C=C\C/C=C\C/C=C\CCCC(=O)OC(COCCC(C(=O)[O-])[N+](C)(C)C)COC(=O)CCCCCCC/C=C\CCCC. The Morgan fingerprint density at radius 3 is 1.67 bits per heavy atom. The number of aliphatic carboxylic acids is 1. The first-order valence-corrected chi connectivity index (χ1v) is 20.0. The number of carbonyl (C=O) groups excluding carboxylic acids is 3. The Balaban J connectivity index is 4.53. The minimum Gasteiger partial charge on any atom is -0.544 e. The minimum absolute atomic E-state index is 0.0115. The van der Waals surface area contributed by atoms with Crippen molar-refractivity contribution in [1.82, 2.24) is 0 Å². The molecule has 0 radical (unpaired) electrons. The van der Waals surface area contributed by atoms with Crippen molar-refractivity contribution in [3.8, 4) is 0 Å². The number of allylic oxidation sites excluding steroid dienone is 12. The van der Waals surface area contributed by atoms with Gasteiger partial charge in [-0.3, -0.25) is 9.59 Å². The van der Waals surface area contributed by atoms with Gasteiger partial charge >= 0.3 is 11.9 Å². The van der Waals surface area contributed by atoms with Crippen molar-refractivity contribution in [2.24, 2.45) is 0 Å². The number of hydrogen-bond donors (Lipinski definition) is 0. The molecule has 0 aliphatic rings. The Hall–Kier alpha value is -3.23. The normalized spacial score (nSPS) is 13.8. The Morgan fingerprint density at radius 1 is 0.596 bits per heavy atom. The van der Waals surface area contributed by atoms with E-state index in [9.17, 15) is 19.5 Å². The smallest absolute Gasteiger partial charge is 0.306 e. The molecule has 0 amide bonds. The number of hydrogen-bond acceptors (Lipinski definition) is 7. The molecule has 8 nitrogen and oxygen atoms in total. The number of quaternary nitrogens is 1. The Labute approximate surface area is 317 Å². The van der Waals surface area contributed by atoms with Gasteiger partial charge in [0.1, 0.15) is 12.6 Å². The van der Waals surface area contributed by atoms with Crippen molar-refractivity contribution in [3.63, 3.8) is 0 Å². The summed E-state index contributed by atoms with van der Waals surface area (Å²) < 4.78 is 17.0. The van der Waals surface area contributed by atoms with Crippen LogP contribution in [-0.4, -0.2) is 75.5 Å². The highest BCUT2D eigenvalue weighted by molar-refractivity contribution is 5.70. The Morgan fingerprint density at radius 2 is 1.10 bits per heavy atom. The third-order valence-electron chi connectivity index (χ3n) is 8.33. The van der Waals surface area contributed by atoms with Gasteiger partial charge in [-0.15, -0.1) is 0 Å². The van der Waals surface area contributed by atoms with Gasteiger partial charge in [0.05, 0.1) is 40.3 Å². The van der Waals surface area contributed by atoms with E-state index in [1.165, 1.54) is 19.3 Å². The molecule has 0 aromatic carbocycles. The van der Waals surface area contributed by atoms with Crippen LogP contribution in [0.2, 0.25) is 0 Å². The van der Waals surface area contributed by atoms with Gasteiger partial charge in [-0.2, -0.15) is 0 Å². The van der Waals surface area contributed by atoms with E-state index in [1.54, 1.807) is 21.1 Å². The highest BCUT2D eigenvalue weighted by Crippen LogP contribution is 2.11. The molecule has 0 saturated heterocycles. The highest BCUT2D eigenvalue weighted by atomic mass is 16.6. The Bertz CT molecular complexity index is 1080. The van der Waals surface area contributed by atoms with Gasteiger partial charge in [0.25, 0.3) is 0 Å². The summed E-state index contributed by atoms with van der Waals surface area (Å²) in [5, 5.41) is 11.6. The van der Waals surface area contributed by atoms with Crippen LogP contribution in [0, 0.1) is 0 Å². The maximum atomic E-state index is 12.6. The van der Waals surface area contributed by atoms with E-state index in [-0.39, 0.29) is 49.1 Å². The molecule has 0 rings (SSSR count). The second kappa shape index (κ2) is 34.8. The summed E-state index contributed by atoms with van der Waals surface area (Å²) in [4.78, 5) is 36.7. The third-order valence-corrected chi connectivity index (χ3v) is 8.33. The fourth-order valence-corrected chi connectivity index (χ4v) is 5.20. The molecule has 52 heavy (non-hydrogen) atoms. The zero-order chi connectivity index (χ0) is 38.5. The fourth-order valence-electron chi connectivity index (χ4n) is 5.20. The Kier molecular flexibility index (Phi) is 32.7. The van der Waals surface area contributed by atoms with Crippen LogP contribution in [-0.2, 0) is 28.6 Å². The van der Waals surface area contributed by atoms with E-state index < -0.39 is 18.1 Å². The van der Waals surface area contributed by atoms with Gasteiger partial charge in [0.2, 0.25) is 0 Å². The lowest BCUT2D eigenvalue weighted by molar-refractivity contribution is -0.889. The number of nitrogens with zero attached hydrogens (tertiary/aromatic N) is 1. The number of rotatable bonds is 34. The van der Waals surface area contributed by atoms with Crippen LogP contribution < -0.4 is 5.11 Å². The molecule has 0 N–H and O–H groups in total. The summed E-state index contributed by atoms with van der Waals surface area (Å²) in [7, 11) is 5.37.